The molecule has 0 aromatic carbocycles. The molecule has 0 aliphatic heterocycles. The molecule has 0 radical (unpaired) electrons. The molecular formula is C14H16N2O3S. The van der Waals surface area contributed by atoms with Crippen molar-refractivity contribution in [3.8, 4) is 0 Å². The third kappa shape index (κ3) is 3.33. The predicted molar refractivity (Wildman–Crippen MR) is 77.9 cm³/mol. The van der Waals surface area contributed by atoms with Crippen molar-refractivity contribution in [2.75, 3.05) is 13.2 Å². The Balaban J connectivity index is 1.98. The van der Waals surface area contributed by atoms with Crippen LogP contribution in [0.1, 0.15) is 28.6 Å². The van der Waals surface area contributed by atoms with Gasteiger partial charge >= 0.3 is 5.97 Å². The molecule has 2 rings (SSSR count). The molecule has 1 amide bonds. The van der Waals surface area contributed by atoms with Crippen LogP contribution in [0.5, 0.6) is 0 Å². The SMILES string of the molecule is CCOC(=O)CCNC(=O)c1cc2nccc(C)c2s1. The van der Waals surface area contributed by atoms with Crippen LogP contribution in [-0.2, 0) is 9.53 Å². The molecule has 20 heavy (non-hydrogen) atoms. The number of nitrogens with zero attached hydrogens (tertiary/aromatic N) is 1. The molecule has 0 unspecified atom stereocenters. The summed E-state index contributed by atoms with van der Waals surface area (Å²) in [6.45, 7) is 4.37. The van der Waals surface area contributed by atoms with Gasteiger partial charge in [0, 0.05) is 12.7 Å². The average Bonchev–Trinajstić information content (AvgIpc) is 2.84. The summed E-state index contributed by atoms with van der Waals surface area (Å²) in [7, 11) is 0. The van der Waals surface area contributed by atoms with Gasteiger partial charge in [0.15, 0.2) is 0 Å². The number of hydrogen-bond donors (Lipinski definition) is 1. The summed E-state index contributed by atoms with van der Waals surface area (Å²) in [5.74, 6) is -0.488. The van der Waals surface area contributed by atoms with Crippen LogP contribution < -0.4 is 5.32 Å². The Morgan fingerprint density at radius 2 is 2.25 bits per heavy atom. The van der Waals surface area contributed by atoms with Crippen LogP contribution in [0, 0.1) is 6.92 Å². The Morgan fingerprint density at radius 1 is 1.45 bits per heavy atom. The Hall–Kier alpha value is -1.95. The maximum absolute atomic E-state index is 12.0. The fourth-order valence-electron chi connectivity index (χ4n) is 1.78. The molecule has 6 heteroatoms. The number of esters is 1. The summed E-state index contributed by atoms with van der Waals surface area (Å²) in [5, 5.41) is 2.71. The van der Waals surface area contributed by atoms with Crippen molar-refractivity contribution in [1.82, 2.24) is 10.3 Å². The highest BCUT2D eigenvalue weighted by molar-refractivity contribution is 7.20. The van der Waals surface area contributed by atoms with E-state index in [1.54, 1.807) is 19.2 Å². The Labute approximate surface area is 121 Å². The van der Waals surface area contributed by atoms with Crippen molar-refractivity contribution in [1.29, 1.82) is 0 Å². The van der Waals surface area contributed by atoms with E-state index >= 15 is 0 Å². The number of rotatable bonds is 5. The van der Waals surface area contributed by atoms with Crippen LogP contribution in [0.4, 0.5) is 0 Å². The van der Waals surface area contributed by atoms with E-state index in [0.717, 1.165) is 15.8 Å². The smallest absolute Gasteiger partial charge is 0.307 e. The number of nitrogens with one attached hydrogen (secondary N) is 1. The minimum atomic E-state index is -0.304. The molecule has 2 heterocycles. The van der Waals surface area contributed by atoms with E-state index in [9.17, 15) is 9.59 Å². The van der Waals surface area contributed by atoms with Gasteiger partial charge in [-0.2, -0.15) is 0 Å². The second kappa shape index (κ2) is 6.47. The highest BCUT2D eigenvalue weighted by Gasteiger charge is 2.12. The summed E-state index contributed by atoms with van der Waals surface area (Å²) in [4.78, 5) is 28.0. The van der Waals surface area contributed by atoms with Gasteiger partial charge in [-0.05, 0) is 31.5 Å². The van der Waals surface area contributed by atoms with Crippen LogP contribution in [0.3, 0.4) is 0 Å². The first-order valence-electron chi connectivity index (χ1n) is 6.40. The second-order valence-electron chi connectivity index (χ2n) is 4.26. The zero-order valence-corrected chi connectivity index (χ0v) is 12.3. The molecule has 0 saturated carbocycles. The molecule has 2 aromatic rings. The van der Waals surface area contributed by atoms with Gasteiger partial charge in [0.2, 0.25) is 0 Å². The van der Waals surface area contributed by atoms with E-state index in [4.69, 9.17) is 4.74 Å². The molecule has 5 nitrogen and oxygen atoms in total. The van der Waals surface area contributed by atoms with Crippen molar-refractivity contribution < 1.29 is 14.3 Å². The lowest BCUT2D eigenvalue weighted by molar-refractivity contribution is -0.142. The summed E-state index contributed by atoms with van der Waals surface area (Å²) in [5.41, 5.74) is 1.93. The minimum Gasteiger partial charge on any atom is -0.466 e. The lowest BCUT2D eigenvalue weighted by Gasteiger charge is -2.03. The molecule has 0 spiro atoms. The van der Waals surface area contributed by atoms with Crippen molar-refractivity contribution >= 4 is 33.4 Å². The van der Waals surface area contributed by atoms with Gasteiger partial charge in [0.1, 0.15) is 0 Å². The third-order valence-electron chi connectivity index (χ3n) is 2.75. The molecule has 0 atom stereocenters. The fourth-order valence-corrected chi connectivity index (χ4v) is 2.78. The van der Waals surface area contributed by atoms with Crippen LogP contribution in [-0.4, -0.2) is 30.0 Å². The van der Waals surface area contributed by atoms with Crippen LogP contribution in [0.2, 0.25) is 0 Å². The molecule has 106 valence electrons. The van der Waals surface area contributed by atoms with E-state index < -0.39 is 0 Å². The molecule has 2 aromatic heterocycles. The molecular weight excluding hydrogens is 276 g/mol. The summed E-state index contributed by atoms with van der Waals surface area (Å²) in [6.07, 6.45) is 1.91. The van der Waals surface area contributed by atoms with Crippen LogP contribution in [0.15, 0.2) is 18.3 Å². The molecule has 0 bridgehead atoms. The number of carbonyl (C=O) groups excluding carboxylic acids is 2. The van der Waals surface area contributed by atoms with E-state index in [2.05, 4.69) is 10.3 Å². The van der Waals surface area contributed by atoms with Crippen molar-refractivity contribution in [3.63, 3.8) is 0 Å². The normalized spacial score (nSPS) is 10.5. The van der Waals surface area contributed by atoms with Gasteiger partial charge in [0.05, 0.1) is 28.1 Å². The topological polar surface area (TPSA) is 68.3 Å². The summed E-state index contributed by atoms with van der Waals surface area (Å²) >= 11 is 1.41. The molecule has 0 saturated heterocycles. The van der Waals surface area contributed by atoms with Gasteiger partial charge in [-0.3, -0.25) is 14.6 Å². The Morgan fingerprint density at radius 3 is 2.95 bits per heavy atom. The summed E-state index contributed by atoms with van der Waals surface area (Å²) in [6, 6.07) is 3.69. The average molecular weight is 292 g/mol. The number of hydrogen-bond acceptors (Lipinski definition) is 5. The maximum atomic E-state index is 12.0. The Kier molecular flexibility index (Phi) is 4.68. The Bertz CT molecular complexity index is 636. The predicted octanol–water partition coefficient (Wildman–Crippen LogP) is 2.29. The largest absolute Gasteiger partial charge is 0.466 e. The van der Waals surface area contributed by atoms with E-state index in [0.29, 0.717) is 11.5 Å². The number of aryl methyl sites for hydroxylation is 1. The highest BCUT2D eigenvalue weighted by Crippen LogP contribution is 2.26. The molecule has 0 fully saturated rings. The third-order valence-corrected chi connectivity index (χ3v) is 4.01. The number of aromatic nitrogens is 1. The maximum Gasteiger partial charge on any atom is 0.307 e. The van der Waals surface area contributed by atoms with Crippen LogP contribution >= 0.6 is 11.3 Å². The first-order valence-corrected chi connectivity index (χ1v) is 7.22. The van der Waals surface area contributed by atoms with Crippen LogP contribution in [0.25, 0.3) is 10.2 Å². The number of fused-ring (bicyclic) bond motifs is 1. The number of pyridine rings is 1. The molecule has 0 aliphatic rings. The quantitative estimate of drug-likeness (QED) is 0.859. The van der Waals surface area contributed by atoms with Gasteiger partial charge in [0.25, 0.3) is 5.91 Å². The van der Waals surface area contributed by atoms with Crippen molar-refractivity contribution in [3.05, 3.63) is 28.8 Å². The zero-order valence-electron chi connectivity index (χ0n) is 11.4. The number of thiophene rings is 1. The van der Waals surface area contributed by atoms with Gasteiger partial charge in [-0.1, -0.05) is 0 Å². The number of ether oxygens (including phenoxy) is 1. The second-order valence-corrected chi connectivity index (χ2v) is 5.32. The molecule has 1 N–H and O–H groups in total. The monoisotopic (exact) mass is 292 g/mol. The molecule has 0 aliphatic carbocycles. The first-order chi connectivity index (χ1) is 9.61. The van der Waals surface area contributed by atoms with Gasteiger partial charge in [-0.15, -0.1) is 11.3 Å². The lowest BCUT2D eigenvalue weighted by Crippen LogP contribution is -2.25. The van der Waals surface area contributed by atoms with E-state index in [-0.39, 0.29) is 24.8 Å². The first kappa shape index (κ1) is 14.5. The lowest BCUT2D eigenvalue weighted by atomic mass is 10.2. The highest BCUT2D eigenvalue weighted by atomic mass is 32.1. The zero-order chi connectivity index (χ0) is 14.5. The minimum absolute atomic E-state index is 0.182. The van der Waals surface area contributed by atoms with Crippen molar-refractivity contribution in [2.24, 2.45) is 0 Å². The van der Waals surface area contributed by atoms with E-state index in [1.807, 2.05) is 13.0 Å². The van der Waals surface area contributed by atoms with Crippen molar-refractivity contribution in [2.45, 2.75) is 20.3 Å². The standard InChI is InChI=1S/C14H16N2O3S/c1-3-19-12(17)5-7-16-14(18)11-8-10-13(20-11)9(2)4-6-15-10/h4,6,8H,3,5,7H2,1-2H3,(H,16,18). The number of amides is 1. The fraction of sp³-hybridized carbons (Fsp3) is 0.357. The summed E-state index contributed by atoms with van der Waals surface area (Å²) < 4.78 is 5.81. The van der Waals surface area contributed by atoms with Gasteiger partial charge in [-0.25, -0.2) is 0 Å². The van der Waals surface area contributed by atoms with E-state index in [1.165, 1.54) is 11.3 Å². The number of carbonyl (C=O) groups is 2. The van der Waals surface area contributed by atoms with Gasteiger partial charge < -0.3 is 10.1 Å².